The van der Waals surface area contributed by atoms with E-state index in [1.54, 1.807) is 0 Å². The molecule has 0 unspecified atom stereocenters. The molecule has 86 valence electrons. The van der Waals surface area contributed by atoms with Crippen molar-refractivity contribution >= 4 is 17.3 Å². The molecule has 0 saturated heterocycles. The number of benzene rings is 1. The second-order valence-electron chi connectivity index (χ2n) is 4.07. The van der Waals surface area contributed by atoms with Crippen LogP contribution >= 0.6 is 11.6 Å². The standard InChI is InChI=1S/C13H16ClNO/c1-2-8-15(10-6-7-10)13-5-3-4-12(14)11(13)9-16/h2-5,10,16H,1,6-9H2. The maximum absolute atomic E-state index is 9.38. The van der Waals surface area contributed by atoms with Gasteiger partial charge in [-0.05, 0) is 25.0 Å². The molecule has 0 spiro atoms. The number of hydrogen-bond donors (Lipinski definition) is 1. The number of aliphatic hydroxyl groups is 1. The van der Waals surface area contributed by atoms with Gasteiger partial charge < -0.3 is 10.0 Å². The van der Waals surface area contributed by atoms with E-state index in [-0.39, 0.29) is 6.61 Å². The quantitative estimate of drug-likeness (QED) is 0.796. The SMILES string of the molecule is C=CCN(c1cccc(Cl)c1CO)C1CC1. The minimum absolute atomic E-state index is 0.0185. The lowest BCUT2D eigenvalue weighted by molar-refractivity contribution is 0.282. The second-order valence-corrected chi connectivity index (χ2v) is 4.48. The largest absolute Gasteiger partial charge is 0.392 e. The molecule has 0 aliphatic heterocycles. The van der Waals surface area contributed by atoms with Crippen molar-refractivity contribution in [2.75, 3.05) is 11.4 Å². The Bertz CT molecular complexity index is 388. The van der Waals surface area contributed by atoms with Gasteiger partial charge in [0.2, 0.25) is 0 Å². The van der Waals surface area contributed by atoms with Crippen LogP contribution in [-0.2, 0) is 6.61 Å². The maximum Gasteiger partial charge on any atom is 0.0716 e. The number of nitrogens with zero attached hydrogens (tertiary/aromatic N) is 1. The van der Waals surface area contributed by atoms with Crippen molar-refractivity contribution in [2.45, 2.75) is 25.5 Å². The minimum Gasteiger partial charge on any atom is -0.392 e. The summed E-state index contributed by atoms with van der Waals surface area (Å²) in [5, 5.41) is 10.0. The second kappa shape index (κ2) is 4.89. The summed E-state index contributed by atoms with van der Waals surface area (Å²) in [7, 11) is 0. The van der Waals surface area contributed by atoms with Crippen LogP contribution in [0.25, 0.3) is 0 Å². The third-order valence-electron chi connectivity index (χ3n) is 2.88. The van der Waals surface area contributed by atoms with Crippen LogP contribution in [0.2, 0.25) is 5.02 Å². The van der Waals surface area contributed by atoms with E-state index in [2.05, 4.69) is 11.5 Å². The fourth-order valence-electron chi connectivity index (χ4n) is 1.94. The van der Waals surface area contributed by atoms with Crippen LogP contribution in [-0.4, -0.2) is 17.7 Å². The molecule has 1 N–H and O–H groups in total. The molecule has 16 heavy (non-hydrogen) atoms. The summed E-state index contributed by atoms with van der Waals surface area (Å²) in [6.07, 6.45) is 4.32. The molecule has 1 aliphatic carbocycles. The van der Waals surface area contributed by atoms with Gasteiger partial charge in [-0.3, -0.25) is 0 Å². The van der Waals surface area contributed by atoms with Gasteiger partial charge in [0.15, 0.2) is 0 Å². The smallest absolute Gasteiger partial charge is 0.0716 e. The van der Waals surface area contributed by atoms with Crippen molar-refractivity contribution in [3.05, 3.63) is 41.4 Å². The zero-order valence-corrected chi connectivity index (χ0v) is 9.95. The Morgan fingerprint density at radius 2 is 2.25 bits per heavy atom. The van der Waals surface area contributed by atoms with Crippen molar-refractivity contribution in [1.82, 2.24) is 0 Å². The topological polar surface area (TPSA) is 23.5 Å². The van der Waals surface area contributed by atoms with E-state index in [1.807, 2.05) is 24.3 Å². The van der Waals surface area contributed by atoms with Crippen molar-refractivity contribution in [3.8, 4) is 0 Å². The highest BCUT2D eigenvalue weighted by Gasteiger charge is 2.29. The molecule has 0 atom stereocenters. The molecule has 1 aromatic carbocycles. The monoisotopic (exact) mass is 237 g/mol. The number of anilines is 1. The van der Waals surface area contributed by atoms with Gasteiger partial charge in [-0.15, -0.1) is 6.58 Å². The van der Waals surface area contributed by atoms with Crippen LogP contribution in [0.5, 0.6) is 0 Å². The average molecular weight is 238 g/mol. The summed E-state index contributed by atoms with van der Waals surface area (Å²) in [6, 6.07) is 6.34. The zero-order valence-electron chi connectivity index (χ0n) is 9.19. The molecular weight excluding hydrogens is 222 g/mol. The number of rotatable bonds is 5. The first-order chi connectivity index (χ1) is 7.77. The average Bonchev–Trinajstić information content (AvgIpc) is 3.09. The molecule has 0 heterocycles. The summed E-state index contributed by atoms with van der Waals surface area (Å²) >= 11 is 6.09. The third-order valence-corrected chi connectivity index (χ3v) is 3.23. The fourth-order valence-corrected chi connectivity index (χ4v) is 2.17. The van der Waals surface area contributed by atoms with Gasteiger partial charge in [-0.1, -0.05) is 23.7 Å². The van der Waals surface area contributed by atoms with Crippen LogP contribution in [0.4, 0.5) is 5.69 Å². The highest BCUT2D eigenvalue weighted by molar-refractivity contribution is 6.31. The van der Waals surface area contributed by atoms with Gasteiger partial charge in [0.05, 0.1) is 6.61 Å². The van der Waals surface area contributed by atoms with Crippen LogP contribution in [0.1, 0.15) is 18.4 Å². The van der Waals surface area contributed by atoms with E-state index in [1.165, 1.54) is 12.8 Å². The first-order valence-electron chi connectivity index (χ1n) is 5.53. The Hall–Kier alpha value is -0.990. The third kappa shape index (κ3) is 2.23. The molecule has 1 aromatic rings. The van der Waals surface area contributed by atoms with Crippen molar-refractivity contribution in [1.29, 1.82) is 0 Å². The summed E-state index contributed by atoms with van der Waals surface area (Å²) in [4.78, 5) is 2.27. The zero-order chi connectivity index (χ0) is 11.5. The molecule has 1 fully saturated rings. The fraction of sp³-hybridized carbons (Fsp3) is 0.385. The lowest BCUT2D eigenvalue weighted by Gasteiger charge is -2.25. The van der Waals surface area contributed by atoms with Crippen LogP contribution in [0, 0.1) is 0 Å². The molecule has 2 rings (SSSR count). The summed E-state index contributed by atoms with van der Waals surface area (Å²) in [5.74, 6) is 0. The number of aliphatic hydroxyl groups excluding tert-OH is 1. The molecule has 0 radical (unpaired) electrons. The van der Waals surface area contributed by atoms with Gasteiger partial charge in [-0.2, -0.15) is 0 Å². The Balaban J connectivity index is 2.35. The Kier molecular flexibility index (Phi) is 3.52. The lowest BCUT2D eigenvalue weighted by Crippen LogP contribution is -2.26. The van der Waals surface area contributed by atoms with E-state index in [9.17, 15) is 5.11 Å². The Morgan fingerprint density at radius 3 is 2.81 bits per heavy atom. The van der Waals surface area contributed by atoms with Crippen molar-refractivity contribution in [2.24, 2.45) is 0 Å². The van der Waals surface area contributed by atoms with Gasteiger partial charge >= 0.3 is 0 Å². The minimum atomic E-state index is -0.0185. The predicted octanol–water partition coefficient (Wildman–Crippen LogP) is 2.99. The molecule has 0 aromatic heterocycles. The van der Waals surface area contributed by atoms with Crippen LogP contribution < -0.4 is 4.90 Å². The van der Waals surface area contributed by atoms with E-state index < -0.39 is 0 Å². The molecular formula is C13H16ClNO. The Morgan fingerprint density at radius 1 is 1.50 bits per heavy atom. The first-order valence-corrected chi connectivity index (χ1v) is 5.91. The maximum atomic E-state index is 9.38. The summed E-state index contributed by atoms with van der Waals surface area (Å²) in [5.41, 5.74) is 1.86. The lowest BCUT2D eigenvalue weighted by atomic mass is 10.1. The van der Waals surface area contributed by atoms with Gasteiger partial charge in [-0.25, -0.2) is 0 Å². The van der Waals surface area contributed by atoms with E-state index >= 15 is 0 Å². The van der Waals surface area contributed by atoms with E-state index in [0.717, 1.165) is 17.8 Å². The molecule has 0 bridgehead atoms. The van der Waals surface area contributed by atoms with Crippen LogP contribution in [0.15, 0.2) is 30.9 Å². The van der Waals surface area contributed by atoms with Crippen molar-refractivity contribution < 1.29 is 5.11 Å². The van der Waals surface area contributed by atoms with E-state index in [0.29, 0.717) is 11.1 Å². The Labute approximate surface area is 101 Å². The van der Waals surface area contributed by atoms with Crippen LogP contribution in [0.3, 0.4) is 0 Å². The summed E-state index contributed by atoms with van der Waals surface area (Å²) < 4.78 is 0. The van der Waals surface area contributed by atoms with Gasteiger partial charge in [0.1, 0.15) is 0 Å². The predicted molar refractivity (Wildman–Crippen MR) is 67.9 cm³/mol. The van der Waals surface area contributed by atoms with Gasteiger partial charge in [0.25, 0.3) is 0 Å². The molecule has 1 saturated carbocycles. The molecule has 2 nitrogen and oxygen atoms in total. The van der Waals surface area contributed by atoms with Crippen molar-refractivity contribution in [3.63, 3.8) is 0 Å². The first kappa shape index (κ1) is 11.5. The highest BCUT2D eigenvalue weighted by Crippen LogP contribution is 2.35. The highest BCUT2D eigenvalue weighted by atomic mass is 35.5. The summed E-state index contributed by atoms with van der Waals surface area (Å²) in [6.45, 7) is 4.56. The normalized spacial score (nSPS) is 14.9. The van der Waals surface area contributed by atoms with E-state index in [4.69, 9.17) is 11.6 Å². The number of hydrogen-bond acceptors (Lipinski definition) is 2. The molecule has 3 heteroatoms. The molecule has 1 aliphatic rings. The number of halogens is 1. The molecule has 0 amide bonds. The van der Waals surface area contributed by atoms with Gasteiger partial charge in [0, 0.05) is 28.9 Å².